The van der Waals surface area contributed by atoms with Crippen LogP contribution in [0.3, 0.4) is 0 Å². The largest absolute Gasteiger partial charge is 0.272 e. The van der Waals surface area contributed by atoms with E-state index in [1.54, 1.807) is 11.3 Å². The summed E-state index contributed by atoms with van der Waals surface area (Å²) in [7, 11) is 0. The topological polar surface area (TPSA) is 40.6 Å². The van der Waals surface area contributed by atoms with Crippen molar-refractivity contribution in [2.45, 2.75) is 12.8 Å². The molecule has 5 rings (SSSR count). The number of anilines is 2. The van der Waals surface area contributed by atoms with Gasteiger partial charge >= 0.3 is 0 Å². The molecule has 0 atom stereocenters. The zero-order valence-electron chi connectivity index (χ0n) is 14.0. The minimum Gasteiger partial charge on any atom is -0.272 e. The van der Waals surface area contributed by atoms with Gasteiger partial charge in [0.1, 0.15) is 0 Å². The number of rotatable bonds is 1. The second-order valence-corrected chi connectivity index (χ2v) is 6.63. The van der Waals surface area contributed by atoms with Crippen LogP contribution in [0.5, 0.6) is 0 Å². The summed E-state index contributed by atoms with van der Waals surface area (Å²) in [6.07, 6.45) is 0.699. The molecule has 4 radical (unpaired) electrons. The van der Waals surface area contributed by atoms with Crippen LogP contribution in [0.1, 0.15) is 11.1 Å². The van der Waals surface area contributed by atoms with Crippen LogP contribution in [-0.4, -0.2) is 39.1 Å². The molecule has 26 heavy (non-hydrogen) atoms. The van der Waals surface area contributed by atoms with Crippen LogP contribution in [-0.2, 0) is 22.4 Å². The first-order valence-electron chi connectivity index (χ1n) is 8.04. The molecule has 0 aliphatic carbocycles. The van der Waals surface area contributed by atoms with Gasteiger partial charge in [-0.3, -0.25) is 9.59 Å². The molecule has 2 amide bonds. The van der Waals surface area contributed by atoms with Crippen molar-refractivity contribution < 1.29 is 9.59 Å². The molecule has 2 aromatic carbocycles. The van der Waals surface area contributed by atoms with E-state index in [1.807, 2.05) is 71.4 Å². The Kier molecular flexibility index (Phi) is 5.88. The van der Waals surface area contributed by atoms with E-state index >= 15 is 0 Å². The number of hydrazine groups is 1. The summed E-state index contributed by atoms with van der Waals surface area (Å²) in [5, 5.41) is 7.12. The Morgan fingerprint density at radius 2 is 1.08 bits per heavy atom. The van der Waals surface area contributed by atoms with Gasteiger partial charge in [0.15, 0.2) is 0 Å². The van der Waals surface area contributed by atoms with Crippen molar-refractivity contribution in [2.24, 2.45) is 0 Å². The molecule has 2 aliphatic rings. The standard InChI is InChI=1S/C16H12N2O2.C4H4S.Pb/c19-15-9-11-5-1-3-7-13(11)17(15)18-14-8-4-2-6-12(14)10-16(18)20;1-2-4-5-3-1;/h1-8H,9-10H2;1-4H;. The van der Waals surface area contributed by atoms with Crippen LogP contribution in [0.25, 0.3) is 0 Å². The fourth-order valence-corrected chi connectivity index (χ4v) is 3.60. The second-order valence-electron chi connectivity index (χ2n) is 5.82. The zero-order valence-corrected chi connectivity index (χ0v) is 18.7. The van der Waals surface area contributed by atoms with E-state index in [-0.39, 0.29) is 39.1 Å². The molecule has 0 saturated heterocycles. The van der Waals surface area contributed by atoms with Crippen molar-refractivity contribution in [1.82, 2.24) is 0 Å². The van der Waals surface area contributed by atoms with Gasteiger partial charge in [-0.05, 0) is 34.0 Å². The fourth-order valence-electron chi connectivity index (χ4n) is 3.14. The Hall–Kier alpha value is -2.00. The molecule has 6 heteroatoms. The number of para-hydroxylation sites is 2. The molecule has 0 saturated carbocycles. The summed E-state index contributed by atoms with van der Waals surface area (Å²) in [5.41, 5.74) is 3.55. The second kappa shape index (κ2) is 8.13. The third-order valence-electron chi connectivity index (χ3n) is 4.22. The van der Waals surface area contributed by atoms with E-state index in [4.69, 9.17) is 0 Å². The minimum absolute atomic E-state index is 0. The summed E-state index contributed by atoms with van der Waals surface area (Å²) >= 11 is 1.71. The van der Waals surface area contributed by atoms with E-state index in [0.29, 0.717) is 12.8 Å². The van der Waals surface area contributed by atoms with Crippen LogP contribution in [0, 0.1) is 0 Å². The summed E-state index contributed by atoms with van der Waals surface area (Å²) < 4.78 is 0. The van der Waals surface area contributed by atoms with Crippen LogP contribution in [0.4, 0.5) is 11.4 Å². The molecule has 0 unspecified atom stereocenters. The number of hydrogen-bond acceptors (Lipinski definition) is 3. The van der Waals surface area contributed by atoms with Crippen molar-refractivity contribution >= 4 is 61.8 Å². The zero-order chi connectivity index (χ0) is 17.2. The number of hydrogen-bond donors (Lipinski definition) is 0. The molecule has 0 N–H and O–H groups in total. The predicted molar refractivity (Wildman–Crippen MR) is 105 cm³/mol. The van der Waals surface area contributed by atoms with E-state index in [0.717, 1.165) is 22.5 Å². The van der Waals surface area contributed by atoms with Crippen LogP contribution >= 0.6 is 11.3 Å². The summed E-state index contributed by atoms with van der Waals surface area (Å²) in [6, 6.07) is 19.3. The van der Waals surface area contributed by atoms with Gasteiger partial charge in [0.2, 0.25) is 0 Å². The Bertz CT molecular complexity index is 846. The van der Waals surface area contributed by atoms with E-state index < -0.39 is 0 Å². The number of amides is 2. The molecule has 128 valence electrons. The van der Waals surface area contributed by atoms with Crippen molar-refractivity contribution in [3.8, 4) is 0 Å². The smallest absolute Gasteiger partial charge is 0.250 e. The van der Waals surface area contributed by atoms with Gasteiger partial charge in [-0.15, -0.1) is 0 Å². The van der Waals surface area contributed by atoms with Gasteiger partial charge in [0.25, 0.3) is 11.8 Å². The van der Waals surface area contributed by atoms with Gasteiger partial charge in [-0.1, -0.05) is 48.5 Å². The summed E-state index contributed by atoms with van der Waals surface area (Å²) in [4.78, 5) is 24.6. The third-order valence-corrected chi connectivity index (χ3v) is 4.85. The summed E-state index contributed by atoms with van der Waals surface area (Å²) in [5.74, 6) is -0.118. The molecule has 2 aliphatic heterocycles. The average molecular weight is 556 g/mol. The van der Waals surface area contributed by atoms with Crippen molar-refractivity contribution in [3.63, 3.8) is 0 Å². The average Bonchev–Trinajstić information content (AvgIpc) is 3.34. The molecule has 0 fully saturated rings. The number of carbonyl (C=O) groups is 2. The van der Waals surface area contributed by atoms with Crippen molar-refractivity contribution in [2.75, 3.05) is 10.0 Å². The fraction of sp³-hybridized carbons (Fsp3) is 0.100. The molecular formula is C20H16N2O2PbS. The number of benzene rings is 2. The van der Waals surface area contributed by atoms with Gasteiger partial charge in [0, 0.05) is 27.3 Å². The van der Waals surface area contributed by atoms with Crippen LogP contribution in [0.15, 0.2) is 71.4 Å². The molecule has 0 spiro atoms. The first-order valence-corrected chi connectivity index (χ1v) is 8.99. The molecule has 1 aromatic heterocycles. The van der Waals surface area contributed by atoms with Gasteiger partial charge in [0.05, 0.1) is 24.2 Å². The minimum atomic E-state index is -0.0590. The molecule has 3 heterocycles. The monoisotopic (exact) mass is 556 g/mol. The quantitative estimate of drug-likeness (QED) is 0.432. The number of nitrogens with zero attached hydrogens (tertiary/aromatic N) is 2. The van der Waals surface area contributed by atoms with Crippen molar-refractivity contribution in [3.05, 3.63) is 82.6 Å². The maximum Gasteiger partial charge on any atom is 0.250 e. The van der Waals surface area contributed by atoms with Crippen LogP contribution in [0.2, 0.25) is 0 Å². The maximum absolute atomic E-state index is 12.3. The predicted octanol–water partition coefficient (Wildman–Crippen LogP) is 3.45. The van der Waals surface area contributed by atoms with E-state index in [1.165, 1.54) is 10.0 Å². The number of thiophene rings is 1. The Balaban J connectivity index is 0.000000285. The van der Waals surface area contributed by atoms with E-state index in [9.17, 15) is 9.59 Å². The van der Waals surface area contributed by atoms with Gasteiger partial charge in [-0.2, -0.15) is 11.3 Å². The SMILES string of the molecule is O=C1Cc2ccccc2N1N1C(=O)Cc2ccccc21.[Pb].c1ccsc1. The molecular weight excluding hydrogens is 539 g/mol. The normalized spacial score (nSPS) is 14.3. The Morgan fingerprint density at radius 1 is 0.654 bits per heavy atom. The first kappa shape index (κ1) is 18.8. The third kappa shape index (κ3) is 3.45. The first-order chi connectivity index (χ1) is 12.3. The molecule has 4 nitrogen and oxygen atoms in total. The van der Waals surface area contributed by atoms with Crippen molar-refractivity contribution in [1.29, 1.82) is 0 Å². The Labute approximate surface area is 176 Å². The Morgan fingerprint density at radius 3 is 1.46 bits per heavy atom. The molecule has 3 aromatic rings. The number of fused-ring (bicyclic) bond motifs is 2. The summed E-state index contributed by atoms with van der Waals surface area (Å²) in [6.45, 7) is 0. The van der Waals surface area contributed by atoms with E-state index in [2.05, 4.69) is 0 Å². The maximum atomic E-state index is 12.3. The van der Waals surface area contributed by atoms with Crippen LogP contribution < -0.4 is 10.0 Å². The molecule has 0 bridgehead atoms. The number of carbonyl (C=O) groups excluding carboxylic acids is 2. The van der Waals surface area contributed by atoms with Gasteiger partial charge < -0.3 is 0 Å². The van der Waals surface area contributed by atoms with Gasteiger partial charge in [-0.25, -0.2) is 10.0 Å².